The third-order valence-electron chi connectivity index (χ3n) is 3.82. The van der Waals surface area contributed by atoms with Crippen LogP contribution in [0, 0.1) is 27.2 Å². The van der Waals surface area contributed by atoms with E-state index in [9.17, 15) is 20.2 Å². The van der Waals surface area contributed by atoms with E-state index < -0.39 is 21.2 Å². The quantitative estimate of drug-likeness (QED) is 0.302. The number of hydrogen-bond donors (Lipinski definition) is 1. The topological polar surface area (TPSA) is 124 Å². The number of nitrogens with one attached hydrogen (secondary N) is 1. The van der Waals surface area contributed by atoms with Gasteiger partial charge in [0.1, 0.15) is 21.4 Å². The van der Waals surface area contributed by atoms with E-state index in [-0.39, 0.29) is 15.0 Å². The molecule has 0 atom stereocenters. The van der Waals surface area contributed by atoms with Crippen molar-refractivity contribution in [2.75, 3.05) is 5.43 Å². The molecular formula is C17H11Cl2N5O4S. The predicted molar refractivity (Wildman–Crippen MR) is 112 cm³/mol. The van der Waals surface area contributed by atoms with Crippen molar-refractivity contribution in [2.45, 2.75) is 6.92 Å². The van der Waals surface area contributed by atoms with Crippen molar-refractivity contribution in [1.29, 1.82) is 0 Å². The van der Waals surface area contributed by atoms with Gasteiger partial charge in [-0.15, -0.1) is 0 Å². The molecule has 29 heavy (non-hydrogen) atoms. The highest BCUT2D eigenvalue weighted by atomic mass is 35.5. The van der Waals surface area contributed by atoms with Crippen LogP contribution in [0.1, 0.15) is 16.8 Å². The average molecular weight is 452 g/mol. The van der Waals surface area contributed by atoms with E-state index >= 15 is 0 Å². The van der Waals surface area contributed by atoms with Crippen LogP contribution in [0.15, 0.2) is 47.6 Å². The first-order valence-electron chi connectivity index (χ1n) is 7.92. The molecule has 3 aromatic rings. The van der Waals surface area contributed by atoms with Gasteiger partial charge < -0.3 is 0 Å². The Morgan fingerprint density at radius 3 is 2.34 bits per heavy atom. The van der Waals surface area contributed by atoms with E-state index in [0.29, 0.717) is 17.0 Å². The molecule has 0 aliphatic heterocycles. The molecule has 0 unspecified atom stereocenters. The summed E-state index contributed by atoms with van der Waals surface area (Å²) in [6, 6.07) is 10.5. The second-order valence-electron chi connectivity index (χ2n) is 5.77. The first-order valence-corrected chi connectivity index (χ1v) is 9.45. The number of nitro benzene ring substituents is 2. The lowest BCUT2D eigenvalue weighted by molar-refractivity contribution is -0.393. The molecule has 1 aromatic heterocycles. The summed E-state index contributed by atoms with van der Waals surface area (Å²) in [6.45, 7) is 1.92. The lowest BCUT2D eigenvalue weighted by Gasteiger charge is -2.08. The SMILES string of the molecule is Cc1ccc(/C(=N\Nc2ccc([N+](=O)[O-])cc2[N+](=O)[O-])c2nsc(Cl)c2Cl)cc1. The molecule has 3 rings (SSSR count). The number of aryl methyl sites for hydroxylation is 1. The molecule has 0 amide bonds. The molecule has 0 bridgehead atoms. The standard InChI is InChI=1S/C17H11Cl2N5O4S/c1-9-2-4-10(5-3-9)15(16-14(18)17(19)29-22-16)21-20-12-7-6-11(23(25)26)8-13(12)24(27)28/h2-8,20H,1H3/b21-15+. The van der Waals surface area contributed by atoms with Gasteiger partial charge in [-0.2, -0.15) is 9.47 Å². The van der Waals surface area contributed by atoms with Gasteiger partial charge in [0.15, 0.2) is 0 Å². The number of anilines is 1. The zero-order chi connectivity index (χ0) is 21.1. The molecule has 1 N–H and O–H groups in total. The van der Waals surface area contributed by atoms with Gasteiger partial charge in [-0.3, -0.25) is 25.7 Å². The fraction of sp³-hybridized carbons (Fsp3) is 0.0588. The fourth-order valence-corrected chi connectivity index (χ4v) is 3.37. The highest BCUT2D eigenvalue weighted by Crippen LogP contribution is 2.32. The third-order valence-corrected chi connectivity index (χ3v) is 5.43. The zero-order valence-corrected chi connectivity index (χ0v) is 17.0. The Labute approximate surface area is 178 Å². The summed E-state index contributed by atoms with van der Waals surface area (Å²) in [5, 5.41) is 26.7. The van der Waals surface area contributed by atoms with Crippen LogP contribution in [0.25, 0.3) is 0 Å². The van der Waals surface area contributed by atoms with E-state index in [0.717, 1.165) is 29.2 Å². The molecule has 0 radical (unpaired) electrons. The third kappa shape index (κ3) is 4.50. The van der Waals surface area contributed by atoms with Crippen LogP contribution in [0.4, 0.5) is 17.1 Å². The minimum Gasteiger partial charge on any atom is -0.271 e. The van der Waals surface area contributed by atoms with Gasteiger partial charge in [0.25, 0.3) is 5.69 Å². The van der Waals surface area contributed by atoms with Crippen molar-refractivity contribution < 1.29 is 9.85 Å². The minimum absolute atomic E-state index is 0.0253. The average Bonchev–Trinajstić information content (AvgIpc) is 3.02. The molecule has 12 heteroatoms. The smallest absolute Gasteiger partial charge is 0.271 e. The Kier molecular flexibility index (Phi) is 6.06. The van der Waals surface area contributed by atoms with E-state index in [1.165, 1.54) is 6.07 Å². The van der Waals surface area contributed by atoms with Gasteiger partial charge in [0.2, 0.25) is 0 Å². The monoisotopic (exact) mass is 451 g/mol. The van der Waals surface area contributed by atoms with E-state index in [4.69, 9.17) is 23.2 Å². The number of hydrazone groups is 1. The number of halogens is 2. The van der Waals surface area contributed by atoms with Crippen LogP contribution < -0.4 is 5.43 Å². The van der Waals surface area contributed by atoms with Crippen LogP contribution in [-0.2, 0) is 0 Å². The highest BCUT2D eigenvalue weighted by molar-refractivity contribution is 7.11. The van der Waals surface area contributed by atoms with Gasteiger partial charge in [0, 0.05) is 11.6 Å². The van der Waals surface area contributed by atoms with Crippen molar-refractivity contribution >= 4 is 57.5 Å². The number of non-ortho nitro benzene ring substituents is 1. The molecule has 1 heterocycles. The summed E-state index contributed by atoms with van der Waals surface area (Å²) in [4.78, 5) is 20.8. The van der Waals surface area contributed by atoms with Crippen LogP contribution in [0.2, 0.25) is 9.36 Å². The molecule has 0 aliphatic carbocycles. The fourth-order valence-electron chi connectivity index (χ4n) is 2.37. The van der Waals surface area contributed by atoms with Crippen molar-refractivity contribution in [3.8, 4) is 0 Å². The Hall–Kier alpha value is -3.08. The molecule has 0 fully saturated rings. The number of hydrogen-bond acceptors (Lipinski definition) is 8. The maximum atomic E-state index is 11.3. The Bertz CT molecular complexity index is 1130. The summed E-state index contributed by atoms with van der Waals surface area (Å²) in [5.74, 6) is 0. The molecule has 0 aliphatic rings. The van der Waals surface area contributed by atoms with Crippen LogP contribution in [0.3, 0.4) is 0 Å². The first kappa shape index (κ1) is 20.6. The summed E-state index contributed by atoms with van der Waals surface area (Å²) in [5.41, 5.74) is 3.97. The first-order chi connectivity index (χ1) is 13.8. The second kappa shape index (κ2) is 8.52. The van der Waals surface area contributed by atoms with Crippen molar-refractivity contribution in [3.63, 3.8) is 0 Å². The summed E-state index contributed by atoms with van der Waals surface area (Å²) >= 11 is 13.2. The number of nitro groups is 2. The normalized spacial score (nSPS) is 11.3. The van der Waals surface area contributed by atoms with Crippen molar-refractivity contribution in [1.82, 2.24) is 4.37 Å². The number of nitrogens with zero attached hydrogens (tertiary/aromatic N) is 4. The van der Waals surface area contributed by atoms with Gasteiger partial charge in [-0.25, -0.2) is 0 Å². The minimum atomic E-state index is -0.733. The molecule has 9 nitrogen and oxygen atoms in total. The molecule has 0 saturated carbocycles. The molecule has 0 saturated heterocycles. The number of rotatable bonds is 6. The Morgan fingerprint density at radius 1 is 1.10 bits per heavy atom. The Morgan fingerprint density at radius 2 is 1.79 bits per heavy atom. The lowest BCUT2D eigenvalue weighted by atomic mass is 10.1. The molecule has 0 spiro atoms. The maximum Gasteiger partial charge on any atom is 0.301 e. The molecular weight excluding hydrogens is 441 g/mol. The lowest BCUT2D eigenvalue weighted by Crippen LogP contribution is -2.08. The van der Waals surface area contributed by atoms with Gasteiger partial charge >= 0.3 is 5.69 Å². The maximum absolute atomic E-state index is 11.3. The van der Waals surface area contributed by atoms with Crippen LogP contribution in [-0.4, -0.2) is 19.9 Å². The van der Waals surface area contributed by atoms with Crippen molar-refractivity contribution in [2.24, 2.45) is 5.10 Å². The number of benzene rings is 2. The van der Waals surface area contributed by atoms with Crippen molar-refractivity contribution in [3.05, 3.63) is 88.9 Å². The van der Waals surface area contributed by atoms with Gasteiger partial charge in [-0.05, 0) is 24.5 Å². The highest BCUT2D eigenvalue weighted by Gasteiger charge is 2.21. The zero-order valence-electron chi connectivity index (χ0n) is 14.6. The summed E-state index contributed by atoms with van der Waals surface area (Å²) in [7, 11) is 0. The predicted octanol–water partition coefficient (Wildman–Crippen LogP) is 5.44. The largest absolute Gasteiger partial charge is 0.301 e. The van der Waals surface area contributed by atoms with E-state index in [1.54, 1.807) is 12.1 Å². The van der Waals surface area contributed by atoms with Crippen LogP contribution >= 0.6 is 34.7 Å². The Balaban J connectivity index is 2.08. The van der Waals surface area contributed by atoms with E-state index in [1.807, 2.05) is 19.1 Å². The van der Waals surface area contributed by atoms with Gasteiger partial charge in [0.05, 0.1) is 20.9 Å². The second-order valence-corrected chi connectivity index (χ2v) is 7.53. The number of aromatic nitrogens is 1. The molecule has 2 aromatic carbocycles. The van der Waals surface area contributed by atoms with E-state index in [2.05, 4.69) is 14.9 Å². The molecule has 148 valence electrons. The summed E-state index contributed by atoms with van der Waals surface area (Å²) in [6.07, 6.45) is 0. The van der Waals surface area contributed by atoms with Gasteiger partial charge in [-0.1, -0.05) is 53.0 Å². The van der Waals surface area contributed by atoms with Crippen LogP contribution in [0.5, 0.6) is 0 Å². The summed E-state index contributed by atoms with van der Waals surface area (Å²) < 4.78 is 4.49.